The monoisotopic (exact) mass is 200 g/mol. The van der Waals surface area contributed by atoms with Gasteiger partial charge in [-0.2, -0.15) is 0 Å². The zero-order valence-corrected chi connectivity index (χ0v) is 9.03. The smallest absolute Gasteiger partial charge is 0.0702 e. The molecule has 0 saturated carbocycles. The molecule has 0 aliphatic rings. The Morgan fingerprint density at radius 2 is 2.13 bits per heavy atom. The summed E-state index contributed by atoms with van der Waals surface area (Å²) in [5, 5.41) is 4.55. The number of pyridine rings is 1. The van der Waals surface area contributed by atoms with Crippen molar-refractivity contribution in [1.82, 2.24) is 10.3 Å². The van der Waals surface area contributed by atoms with E-state index in [4.69, 9.17) is 0 Å². The molecule has 0 aliphatic heterocycles. The number of rotatable bonds is 4. The molecule has 15 heavy (non-hydrogen) atoms. The van der Waals surface area contributed by atoms with Crippen LogP contribution in [0.1, 0.15) is 12.5 Å². The maximum Gasteiger partial charge on any atom is 0.0702 e. The van der Waals surface area contributed by atoms with Crippen LogP contribution in [0.15, 0.2) is 36.5 Å². The van der Waals surface area contributed by atoms with E-state index in [1.165, 1.54) is 10.9 Å². The highest BCUT2D eigenvalue weighted by atomic mass is 14.8. The molecule has 0 amide bonds. The highest BCUT2D eigenvalue weighted by Gasteiger charge is 1.96. The minimum absolute atomic E-state index is 1.02. The molecule has 0 aliphatic carbocycles. The Bertz CT molecular complexity index is 437. The number of nitrogens with zero attached hydrogens (tertiary/aromatic N) is 1. The van der Waals surface area contributed by atoms with Gasteiger partial charge in [-0.3, -0.25) is 4.98 Å². The van der Waals surface area contributed by atoms with Crippen molar-refractivity contribution in [2.24, 2.45) is 0 Å². The minimum atomic E-state index is 1.02. The van der Waals surface area contributed by atoms with Gasteiger partial charge in [0.2, 0.25) is 0 Å². The number of hydrogen-bond acceptors (Lipinski definition) is 2. The van der Waals surface area contributed by atoms with Crippen molar-refractivity contribution in [2.75, 3.05) is 13.1 Å². The van der Waals surface area contributed by atoms with Crippen molar-refractivity contribution in [3.63, 3.8) is 0 Å². The molecule has 0 fully saturated rings. The highest BCUT2D eigenvalue weighted by molar-refractivity contribution is 5.78. The first-order valence-electron chi connectivity index (χ1n) is 5.44. The van der Waals surface area contributed by atoms with Crippen molar-refractivity contribution in [2.45, 2.75) is 13.3 Å². The Morgan fingerprint density at radius 1 is 1.27 bits per heavy atom. The maximum absolute atomic E-state index is 4.43. The van der Waals surface area contributed by atoms with Crippen LogP contribution in [0.5, 0.6) is 0 Å². The van der Waals surface area contributed by atoms with Crippen molar-refractivity contribution in [3.05, 3.63) is 42.1 Å². The summed E-state index contributed by atoms with van der Waals surface area (Å²) in [6, 6.07) is 10.5. The lowest BCUT2D eigenvalue weighted by Crippen LogP contribution is -2.16. The summed E-state index contributed by atoms with van der Waals surface area (Å²) in [6.45, 7) is 4.18. The van der Waals surface area contributed by atoms with Gasteiger partial charge in [0.1, 0.15) is 0 Å². The lowest BCUT2D eigenvalue weighted by atomic mass is 10.1. The third-order valence-electron chi connectivity index (χ3n) is 2.49. The van der Waals surface area contributed by atoms with E-state index in [1.54, 1.807) is 0 Å². The molecule has 1 N–H and O–H groups in total. The minimum Gasteiger partial charge on any atom is -0.317 e. The van der Waals surface area contributed by atoms with Crippen LogP contribution in [0.3, 0.4) is 0 Å². The first-order chi connectivity index (χ1) is 7.40. The average Bonchev–Trinajstić information content (AvgIpc) is 2.29. The number of hydrogen-bond donors (Lipinski definition) is 1. The summed E-state index contributed by atoms with van der Waals surface area (Å²) < 4.78 is 0. The van der Waals surface area contributed by atoms with Crippen LogP contribution >= 0.6 is 0 Å². The second-order valence-corrected chi connectivity index (χ2v) is 3.64. The predicted molar refractivity (Wildman–Crippen MR) is 64.0 cm³/mol. The van der Waals surface area contributed by atoms with E-state index >= 15 is 0 Å². The molecule has 1 heterocycles. The maximum atomic E-state index is 4.43. The molecule has 0 spiro atoms. The fourth-order valence-electron chi connectivity index (χ4n) is 1.66. The zero-order valence-electron chi connectivity index (χ0n) is 9.03. The lowest BCUT2D eigenvalue weighted by Gasteiger charge is -2.03. The third-order valence-corrected chi connectivity index (χ3v) is 2.49. The Hall–Kier alpha value is -1.41. The lowest BCUT2D eigenvalue weighted by molar-refractivity contribution is 0.716. The van der Waals surface area contributed by atoms with E-state index in [0.29, 0.717) is 0 Å². The Labute approximate surface area is 90.3 Å². The number of fused-ring (bicyclic) bond motifs is 1. The van der Waals surface area contributed by atoms with Crippen LogP contribution in [0.25, 0.3) is 10.9 Å². The van der Waals surface area contributed by atoms with Crippen LogP contribution in [0.4, 0.5) is 0 Å². The summed E-state index contributed by atoms with van der Waals surface area (Å²) >= 11 is 0. The summed E-state index contributed by atoms with van der Waals surface area (Å²) in [7, 11) is 0. The largest absolute Gasteiger partial charge is 0.317 e. The van der Waals surface area contributed by atoms with Gasteiger partial charge in [0, 0.05) is 11.6 Å². The summed E-state index contributed by atoms with van der Waals surface area (Å²) in [5.74, 6) is 0. The SMILES string of the molecule is CCNCCc1cnc2ccccc2c1. The van der Waals surface area contributed by atoms with Gasteiger partial charge >= 0.3 is 0 Å². The van der Waals surface area contributed by atoms with Gasteiger partial charge in [-0.15, -0.1) is 0 Å². The molecule has 1 aromatic heterocycles. The van der Waals surface area contributed by atoms with Crippen molar-refractivity contribution >= 4 is 10.9 Å². The van der Waals surface area contributed by atoms with E-state index in [0.717, 1.165) is 25.0 Å². The Morgan fingerprint density at radius 3 is 3.00 bits per heavy atom. The molecule has 0 radical (unpaired) electrons. The van der Waals surface area contributed by atoms with E-state index in [2.05, 4.69) is 35.4 Å². The van der Waals surface area contributed by atoms with E-state index in [1.807, 2.05) is 18.3 Å². The molecule has 0 unspecified atom stereocenters. The highest BCUT2D eigenvalue weighted by Crippen LogP contribution is 2.12. The van der Waals surface area contributed by atoms with Crippen LogP contribution in [-0.4, -0.2) is 18.1 Å². The van der Waals surface area contributed by atoms with Gasteiger partial charge in [-0.1, -0.05) is 25.1 Å². The zero-order chi connectivity index (χ0) is 10.5. The summed E-state index contributed by atoms with van der Waals surface area (Å²) in [5.41, 5.74) is 2.37. The molecule has 2 nitrogen and oxygen atoms in total. The molecule has 2 rings (SSSR count). The van der Waals surface area contributed by atoms with Crippen molar-refractivity contribution in [3.8, 4) is 0 Å². The summed E-state index contributed by atoms with van der Waals surface area (Å²) in [6.07, 6.45) is 3.02. The van der Waals surface area contributed by atoms with Gasteiger partial charge in [0.25, 0.3) is 0 Å². The molecular weight excluding hydrogens is 184 g/mol. The number of likely N-dealkylation sites (N-methyl/N-ethyl adjacent to an activating group) is 1. The fraction of sp³-hybridized carbons (Fsp3) is 0.308. The molecule has 0 bridgehead atoms. The molecule has 2 heteroatoms. The molecular formula is C13H16N2. The normalized spacial score (nSPS) is 10.7. The molecule has 1 aromatic carbocycles. The van der Waals surface area contributed by atoms with Gasteiger partial charge in [-0.25, -0.2) is 0 Å². The van der Waals surface area contributed by atoms with Gasteiger partial charge < -0.3 is 5.32 Å². The molecule has 0 saturated heterocycles. The van der Waals surface area contributed by atoms with Gasteiger partial charge in [0.15, 0.2) is 0 Å². The number of nitrogens with one attached hydrogen (secondary N) is 1. The van der Waals surface area contributed by atoms with Crippen molar-refractivity contribution in [1.29, 1.82) is 0 Å². The average molecular weight is 200 g/mol. The van der Waals surface area contributed by atoms with E-state index < -0.39 is 0 Å². The van der Waals surface area contributed by atoms with Crippen LogP contribution in [-0.2, 0) is 6.42 Å². The second-order valence-electron chi connectivity index (χ2n) is 3.64. The first kappa shape index (κ1) is 10.1. The number of para-hydroxylation sites is 1. The number of benzene rings is 1. The fourth-order valence-corrected chi connectivity index (χ4v) is 1.66. The molecule has 0 atom stereocenters. The first-order valence-corrected chi connectivity index (χ1v) is 5.44. The Kier molecular flexibility index (Phi) is 3.30. The quantitative estimate of drug-likeness (QED) is 0.766. The van der Waals surface area contributed by atoms with Crippen LogP contribution in [0, 0.1) is 0 Å². The van der Waals surface area contributed by atoms with Crippen LogP contribution < -0.4 is 5.32 Å². The van der Waals surface area contributed by atoms with Gasteiger partial charge in [-0.05, 0) is 37.2 Å². The topological polar surface area (TPSA) is 24.9 Å². The Balaban J connectivity index is 2.16. The summed E-state index contributed by atoms with van der Waals surface area (Å²) in [4.78, 5) is 4.43. The molecule has 2 aromatic rings. The van der Waals surface area contributed by atoms with E-state index in [-0.39, 0.29) is 0 Å². The predicted octanol–water partition coefficient (Wildman–Crippen LogP) is 2.39. The number of aromatic nitrogens is 1. The standard InChI is InChI=1S/C13H16N2/c1-2-14-8-7-11-9-12-5-3-4-6-13(12)15-10-11/h3-6,9-10,14H,2,7-8H2,1H3. The van der Waals surface area contributed by atoms with E-state index in [9.17, 15) is 0 Å². The molecule has 78 valence electrons. The van der Waals surface area contributed by atoms with Crippen molar-refractivity contribution < 1.29 is 0 Å². The second kappa shape index (κ2) is 4.89. The van der Waals surface area contributed by atoms with Crippen LogP contribution in [0.2, 0.25) is 0 Å². The third kappa shape index (κ3) is 2.54. The van der Waals surface area contributed by atoms with Gasteiger partial charge in [0.05, 0.1) is 5.52 Å².